The van der Waals surface area contributed by atoms with E-state index < -0.39 is 6.04 Å². The van der Waals surface area contributed by atoms with Crippen LogP contribution in [0.4, 0.5) is 0 Å². The summed E-state index contributed by atoms with van der Waals surface area (Å²) in [5.74, 6) is -0.298. The molecule has 16 heavy (non-hydrogen) atoms. The maximum atomic E-state index is 11.6. The van der Waals surface area contributed by atoms with E-state index >= 15 is 0 Å². The number of hydrogen-bond acceptors (Lipinski definition) is 4. The third-order valence-electron chi connectivity index (χ3n) is 2.11. The molecule has 4 nitrogen and oxygen atoms in total. The second-order valence-electron chi connectivity index (χ2n) is 3.32. The summed E-state index contributed by atoms with van der Waals surface area (Å²) in [7, 11) is 1.48. The van der Waals surface area contributed by atoms with Gasteiger partial charge in [0.1, 0.15) is 6.04 Å². The number of rotatable bonds is 6. The molecule has 0 saturated carbocycles. The average molecular weight is 223 g/mol. The van der Waals surface area contributed by atoms with Crippen LogP contribution in [0.25, 0.3) is 0 Å². The number of hydrogen-bond donors (Lipinski definition) is 1. The van der Waals surface area contributed by atoms with Crippen molar-refractivity contribution in [2.24, 2.45) is 0 Å². The summed E-state index contributed by atoms with van der Waals surface area (Å²) in [6.45, 7) is 2.15. The first-order valence-electron chi connectivity index (χ1n) is 5.27. The molecular formula is C12H17NO3. The highest BCUT2D eigenvalue weighted by atomic mass is 16.6. The lowest BCUT2D eigenvalue weighted by molar-refractivity contribution is -0.149. The van der Waals surface area contributed by atoms with Crippen molar-refractivity contribution in [3.05, 3.63) is 35.9 Å². The van der Waals surface area contributed by atoms with E-state index in [4.69, 9.17) is 9.57 Å². The molecule has 0 heterocycles. The van der Waals surface area contributed by atoms with Gasteiger partial charge in [-0.2, -0.15) is 5.48 Å². The smallest absolute Gasteiger partial charge is 0.325 e. The van der Waals surface area contributed by atoms with Gasteiger partial charge in [-0.05, 0) is 12.5 Å². The van der Waals surface area contributed by atoms with Crippen molar-refractivity contribution in [3.8, 4) is 0 Å². The van der Waals surface area contributed by atoms with Crippen molar-refractivity contribution in [1.29, 1.82) is 0 Å². The van der Waals surface area contributed by atoms with Crippen molar-refractivity contribution in [1.82, 2.24) is 5.48 Å². The Morgan fingerprint density at radius 3 is 2.62 bits per heavy atom. The Labute approximate surface area is 95.5 Å². The third kappa shape index (κ3) is 4.00. The molecule has 0 aliphatic rings. The minimum absolute atomic E-state index is 0.298. The predicted octanol–water partition coefficient (Wildman–Crippen LogP) is 1.31. The maximum absolute atomic E-state index is 11.6. The molecule has 88 valence electrons. The minimum Gasteiger partial charge on any atom is -0.465 e. The highest BCUT2D eigenvalue weighted by Gasteiger charge is 2.19. The molecule has 0 aromatic heterocycles. The van der Waals surface area contributed by atoms with E-state index in [1.165, 1.54) is 7.11 Å². The molecule has 0 bridgehead atoms. The van der Waals surface area contributed by atoms with Gasteiger partial charge in [0.2, 0.25) is 0 Å². The number of nitrogens with one attached hydrogen (secondary N) is 1. The monoisotopic (exact) mass is 223 g/mol. The lowest BCUT2D eigenvalue weighted by atomic mass is 10.1. The Kier molecular flexibility index (Phi) is 5.53. The van der Waals surface area contributed by atoms with Crippen molar-refractivity contribution >= 4 is 5.97 Å². The molecule has 0 aliphatic heterocycles. The molecule has 0 amide bonds. The lowest BCUT2D eigenvalue weighted by Crippen LogP contribution is -2.39. The number of esters is 1. The van der Waals surface area contributed by atoms with Crippen LogP contribution >= 0.6 is 0 Å². The summed E-state index contributed by atoms with van der Waals surface area (Å²) < 4.78 is 4.95. The lowest BCUT2D eigenvalue weighted by Gasteiger charge is -2.15. The fraction of sp³-hybridized carbons (Fsp3) is 0.417. The Bertz CT molecular complexity index is 313. The van der Waals surface area contributed by atoms with Crippen molar-refractivity contribution in [2.75, 3.05) is 13.7 Å². The second-order valence-corrected chi connectivity index (χ2v) is 3.32. The molecule has 0 saturated heterocycles. The van der Waals surface area contributed by atoms with Gasteiger partial charge in [0, 0.05) is 6.42 Å². The van der Waals surface area contributed by atoms with E-state index in [0.29, 0.717) is 13.0 Å². The van der Waals surface area contributed by atoms with E-state index in [1.807, 2.05) is 30.3 Å². The van der Waals surface area contributed by atoms with Gasteiger partial charge < -0.3 is 9.57 Å². The van der Waals surface area contributed by atoms with Crippen LogP contribution in [0.5, 0.6) is 0 Å². The van der Waals surface area contributed by atoms with Gasteiger partial charge in [-0.1, -0.05) is 30.3 Å². The Hall–Kier alpha value is -1.39. The molecule has 1 aromatic rings. The minimum atomic E-state index is -0.465. The van der Waals surface area contributed by atoms with Crippen LogP contribution < -0.4 is 5.48 Å². The largest absolute Gasteiger partial charge is 0.465 e. The summed E-state index contributed by atoms with van der Waals surface area (Å²) >= 11 is 0. The number of ether oxygens (including phenoxy) is 1. The van der Waals surface area contributed by atoms with Gasteiger partial charge in [-0.15, -0.1) is 0 Å². The molecule has 1 aromatic carbocycles. The SMILES string of the molecule is CCOC(=O)[C@H](Cc1ccccc1)NOC. The highest BCUT2D eigenvalue weighted by molar-refractivity contribution is 5.76. The zero-order chi connectivity index (χ0) is 11.8. The van der Waals surface area contributed by atoms with Crippen LogP contribution in [0.3, 0.4) is 0 Å². The fourth-order valence-corrected chi connectivity index (χ4v) is 1.41. The number of carbonyl (C=O) groups excluding carboxylic acids is 1. The quantitative estimate of drug-likeness (QED) is 0.583. The van der Waals surface area contributed by atoms with Crippen LogP contribution in [-0.2, 0) is 20.8 Å². The summed E-state index contributed by atoms with van der Waals surface area (Å²) in [5, 5.41) is 0. The normalized spacial score (nSPS) is 12.1. The molecule has 0 fully saturated rings. The van der Waals surface area contributed by atoms with Gasteiger partial charge in [-0.25, -0.2) is 0 Å². The number of benzene rings is 1. The molecule has 0 unspecified atom stereocenters. The average Bonchev–Trinajstić information content (AvgIpc) is 2.30. The summed E-state index contributed by atoms with van der Waals surface area (Å²) in [6, 6.07) is 9.27. The maximum Gasteiger partial charge on any atom is 0.325 e. The third-order valence-corrected chi connectivity index (χ3v) is 2.11. The number of carbonyl (C=O) groups is 1. The highest BCUT2D eigenvalue weighted by Crippen LogP contribution is 2.04. The first-order chi connectivity index (χ1) is 7.77. The standard InChI is InChI=1S/C12H17NO3/c1-3-16-12(14)11(13-15-2)9-10-7-5-4-6-8-10/h4-8,11,13H,3,9H2,1-2H3/t11-/m0/s1. The van der Waals surface area contributed by atoms with Crippen LogP contribution in [0.2, 0.25) is 0 Å². The summed E-state index contributed by atoms with van der Waals surface area (Å²) in [5.41, 5.74) is 3.70. The Morgan fingerprint density at radius 1 is 1.38 bits per heavy atom. The first-order valence-corrected chi connectivity index (χ1v) is 5.27. The summed E-state index contributed by atoms with van der Waals surface area (Å²) in [6.07, 6.45) is 0.549. The topological polar surface area (TPSA) is 47.6 Å². The molecule has 4 heteroatoms. The van der Waals surface area contributed by atoms with E-state index in [-0.39, 0.29) is 5.97 Å². The van der Waals surface area contributed by atoms with E-state index in [9.17, 15) is 4.79 Å². The van der Waals surface area contributed by atoms with Gasteiger partial charge in [0.25, 0.3) is 0 Å². The van der Waals surface area contributed by atoms with Crippen LogP contribution in [0.15, 0.2) is 30.3 Å². The van der Waals surface area contributed by atoms with Gasteiger partial charge in [0.05, 0.1) is 13.7 Å². The van der Waals surface area contributed by atoms with Crippen molar-refractivity contribution in [3.63, 3.8) is 0 Å². The van der Waals surface area contributed by atoms with Gasteiger partial charge in [0.15, 0.2) is 0 Å². The number of hydroxylamine groups is 1. The molecule has 0 aliphatic carbocycles. The predicted molar refractivity (Wildman–Crippen MR) is 60.7 cm³/mol. The van der Waals surface area contributed by atoms with Crippen molar-refractivity contribution in [2.45, 2.75) is 19.4 Å². The molecular weight excluding hydrogens is 206 g/mol. The molecule has 1 atom stereocenters. The van der Waals surface area contributed by atoms with Gasteiger partial charge >= 0.3 is 5.97 Å². The van der Waals surface area contributed by atoms with Crippen LogP contribution in [0.1, 0.15) is 12.5 Å². The van der Waals surface area contributed by atoms with Crippen molar-refractivity contribution < 1.29 is 14.4 Å². The molecule has 0 radical (unpaired) electrons. The van der Waals surface area contributed by atoms with E-state index in [0.717, 1.165) is 5.56 Å². The fourth-order valence-electron chi connectivity index (χ4n) is 1.41. The van der Waals surface area contributed by atoms with E-state index in [1.54, 1.807) is 6.92 Å². The first kappa shape index (κ1) is 12.7. The molecule has 1 rings (SSSR count). The Morgan fingerprint density at radius 2 is 2.06 bits per heavy atom. The zero-order valence-electron chi connectivity index (χ0n) is 9.60. The molecule has 0 spiro atoms. The summed E-state index contributed by atoms with van der Waals surface area (Å²) in [4.78, 5) is 16.4. The van der Waals surface area contributed by atoms with Gasteiger partial charge in [-0.3, -0.25) is 4.79 Å². The molecule has 1 N–H and O–H groups in total. The van der Waals surface area contributed by atoms with Crippen LogP contribution in [-0.4, -0.2) is 25.7 Å². The Balaban J connectivity index is 2.60. The second kappa shape index (κ2) is 6.98. The van der Waals surface area contributed by atoms with E-state index in [2.05, 4.69) is 5.48 Å². The van der Waals surface area contributed by atoms with Crippen LogP contribution in [0, 0.1) is 0 Å². The zero-order valence-corrected chi connectivity index (χ0v) is 9.60.